The predicted molar refractivity (Wildman–Crippen MR) is 113 cm³/mol. The van der Waals surface area contributed by atoms with Gasteiger partial charge in [-0.2, -0.15) is 5.10 Å². The van der Waals surface area contributed by atoms with Gasteiger partial charge in [0.1, 0.15) is 17.8 Å². The fourth-order valence-electron chi connectivity index (χ4n) is 4.45. The highest BCUT2D eigenvalue weighted by Gasteiger charge is 2.23. The summed E-state index contributed by atoms with van der Waals surface area (Å²) in [6.45, 7) is 4.46. The van der Waals surface area contributed by atoms with Crippen LogP contribution in [0, 0.1) is 0 Å². The molecule has 1 fully saturated rings. The van der Waals surface area contributed by atoms with Crippen LogP contribution in [0.5, 0.6) is 0 Å². The average Bonchev–Trinajstić information content (AvgIpc) is 3.26. The van der Waals surface area contributed by atoms with E-state index in [2.05, 4.69) is 30.3 Å². The second-order valence-electron chi connectivity index (χ2n) is 8.01. The lowest BCUT2D eigenvalue weighted by Gasteiger charge is -2.36. The first kappa shape index (κ1) is 19.2. The summed E-state index contributed by atoms with van der Waals surface area (Å²) in [6.07, 6.45) is 7.79. The van der Waals surface area contributed by atoms with E-state index in [1.807, 2.05) is 12.3 Å². The normalized spacial score (nSPS) is 19.7. The Labute approximate surface area is 174 Å². The maximum absolute atomic E-state index is 12.5. The van der Waals surface area contributed by atoms with Crippen molar-refractivity contribution < 1.29 is 4.74 Å². The summed E-state index contributed by atoms with van der Waals surface area (Å²) in [5, 5.41) is 9.13. The van der Waals surface area contributed by atoms with Gasteiger partial charge in [0, 0.05) is 43.4 Å². The van der Waals surface area contributed by atoms with Crippen molar-refractivity contribution in [2.75, 3.05) is 31.6 Å². The third-order valence-electron chi connectivity index (χ3n) is 6.11. The van der Waals surface area contributed by atoms with Crippen LogP contribution in [-0.2, 0) is 24.3 Å². The van der Waals surface area contributed by atoms with Crippen molar-refractivity contribution in [1.29, 1.82) is 0 Å². The molecule has 0 saturated carbocycles. The second kappa shape index (κ2) is 8.53. The van der Waals surface area contributed by atoms with Crippen molar-refractivity contribution in [1.82, 2.24) is 29.6 Å². The van der Waals surface area contributed by atoms with Gasteiger partial charge in [-0.1, -0.05) is 6.42 Å². The van der Waals surface area contributed by atoms with Crippen molar-refractivity contribution in [3.05, 3.63) is 46.3 Å². The number of nitrogens with zero attached hydrogens (tertiary/aromatic N) is 5. The number of H-pyrrole nitrogens is 1. The highest BCUT2D eigenvalue weighted by Crippen LogP contribution is 2.21. The molecule has 3 aromatic heterocycles. The van der Waals surface area contributed by atoms with Crippen LogP contribution in [0.3, 0.4) is 0 Å². The Balaban J connectivity index is 1.24. The molecule has 30 heavy (non-hydrogen) atoms. The van der Waals surface area contributed by atoms with Gasteiger partial charge >= 0.3 is 0 Å². The Bertz CT molecular complexity index is 1080. The molecular formula is C21H27N7O2. The molecule has 2 N–H and O–H groups in total. The largest absolute Gasteiger partial charge is 0.376 e. The van der Waals surface area contributed by atoms with Crippen LogP contribution in [0.4, 0.5) is 5.82 Å². The molecule has 9 nitrogen and oxygen atoms in total. The Morgan fingerprint density at radius 1 is 1.27 bits per heavy atom. The van der Waals surface area contributed by atoms with Crippen LogP contribution in [0.1, 0.15) is 30.5 Å². The molecule has 2 aliphatic heterocycles. The smallest absolute Gasteiger partial charge is 0.267 e. The number of rotatable bonds is 6. The number of nitrogens with one attached hydrogen (secondary N) is 2. The minimum atomic E-state index is -0.0400. The molecule has 2 aliphatic rings. The third-order valence-corrected chi connectivity index (χ3v) is 6.11. The van der Waals surface area contributed by atoms with E-state index in [1.54, 1.807) is 17.1 Å². The van der Waals surface area contributed by atoms with E-state index < -0.39 is 0 Å². The fraction of sp³-hybridized carbons (Fsp3) is 0.524. The lowest BCUT2D eigenvalue weighted by molar-refractivity contribution is 0.107. The van der Waals surface area contributed by atoms with Gasteiger partial charge in [0.25, 0.3) is 5.56 Å². The van der Waals surface area contributed by atoms with E-state index in [0.29, 0.717) is 25.8 Å². The van der Waals surface area contributed by atoms with Gasteiger partial charge in [0.15, 0.2) is 0 Å². The van der Waals surface area contributed by atoms with Gasteiger partial charge in [0.2, 0.25) is 0 Å². The summed E-state index contributed by atoms with van der Waals surface area (Å²) in [7, 11) is 0. The van der Waals surface area contributed by atoms with Crippen LogP contribution >= 0.6 is 0 Å². The van der Waals surface area contributed by atoms with Crippen molar-refractivity contribution in [2.45, 2.75) is 44.9 Å². The number of piperidine rings is 1. The van der Waals surface area contributed by atoms with Gasteiger partial charge in [-0.15, -0.1) is 0 Å². The maximum Gasteiger partial charge on any atom is 0.267 e. The van der Waals surface area contributed by atoms with Gasteiger partial charge in [-0.25, -0.2) is 14.6 Å². The molecule has 1 saturated heterocycles. The Morgan fingerprint density at radius 2 is 2.23 bits per heavy atom. The topological polar surface area (TPSA) is 101 Å². The minimum Gasteiger partial charge on any atom is -0.376 e. The van der Waals surface area contributed by atoms with Crippen LogP contribution in [-0.4, -0.2) is 61.9 Å². The summed E-state index contributed by atoms with van der Waals surface area (Å²) in [5.74, 6) is 0.863. The van der Waals surface area contributed by atoms with E-state index in [9.17, 15) is 4.79 Å². The number of likely N-dealkylation sites (tertiary alicyclic amines) is 1. The molecule has 1 unspecified atom stereocenters. The number of hydrogen-bond acceptors (Lipinski definition) is 7. The lowest BCUT2D eigenvalue weighted by Crippen LogP contribution is -2.46. The number of aromatic amines is 1. The van der Waals surface area contributed by atoms with Crippen molar-refractivity contribution >= 4 is 16.9 Å². The number of ether oxygens (including phenoxy) is 1. The summed E-state index contributed by atoms with van der Waals surface area (Å²) >= 11 is 0. The molecule has 0 aromatic carbocycles. The molecule has 158 valence electrons. The van der Waals surface area contributed by atoms with Gasteiger partial charge in [-0.05, 0) is 25.5 Å². The molecule has 0 aliphatic carbocycles. The minimum absolute atomic E-state index is 0.0400. The van der Waals surface area contributed by atoms with Crippen molar-refractivity contribution in [3.8, 4) is 0 Å². The zero-order chi connectivity index (χ0) is 20.3. The van der Waals surface area contributed by atoms with Crippen molar-refractivity contribution in [3.63, 3.8) is 0 Å². The lowest BCUT2D eigenvalue weighted by atomic mass is 10.0. The SMILES string of the molecule is O=c1cc2c(nn1CCN1CCCCC1CNc1ncnc3[nH]ccc13)CCOC2. The zero-order valence-electron chi connectivity index (χ0n) is 17.0. The zero-order valence-corrected chi connectivity index (χ0v) is 17.0. The molecule has 9 heteroatoms. The molecule has 0 radical (unpaired) electrons. The highest BCUT2D eigenvalue weighted by atomic mass is 16.5. The Hall–Kier alpha value is -2.78. The average molecular weight is 409 g/mol. The first-order chi connectivity index (χ1) is 14.8. The number of fused-ring (bicyclic) bond motifs is 2. The Kier molecular flexibility index (Phi) is 5.46. The fourth-order valence-corrected chi connectivity index (χ4v) is 4.45. The molecular weight excluding hydrogens is 382 g/mol. The molecule has 0 spiro atoms. The highest BCUT2D eigenvalue weighted by molar-refractivity contribution is 5.86. The van der Waals surface area contributed by atoms with E-state index >= 15 is 0 Å². The van der Waals surface area contributed by atoms with E-state index in [4.69, 9.17) is 4.74 Å². The summed E-state index contributed by atoms with van der Waals surface area (Å²) in [6, 6.07) is 4.09. The van der Waals surface area contributed by atoms with E-state index in [0.717, 1.165) is 60.6 Å². The molecule has 3 aromatic rings. The monoisotopic (exact) mass is 409 g/mol. The van der Waals surface area contributed by atoms with Crippen LogP contribution in [0.2, 0.25) is 0 Å². The molecule has 5 heterocycles. The number of hydrogen-bond donors (Lipinski definition) is 2. The first-order valence-corrected chi connectivity index (χ1v) is 10.7. The van der Waals surface area contributed by atoms with Crippen LogP contribution < -0.4 is 10.9 Å². The van der Waals surface area contributed by atoms with Gasteiger partial charge in [0.05, 0.1) is 30.8 Å². The standard InChI is InChI=1S/C21H27N7O2/c29-19-11-15-13-30-10-5-18(15)26-28(19)9-8-27-7-2-1-3-16(27)12-23-21-17-4-6-22-20(17)24-14-25-21/h4,6,11,14,16H,1-3,5,7-10,12-13H2,(H2,22,23,24,25). The van der Waals surface area contributed by atoms with Gasteiger partial charge in [-0.3, -0.25) is 9.69 Å². The maximum atomic E-state index is 12.5. The quantitative estimate of drug-likeness (QED) is 0.637. The predicted octanol–water partition coefficient (Wildman–Crippen LogP) is 1.55. The summed E-state index contributed by atoms with van der Waals surface area (Å²) < 4.78 is 7.05. The summed E-state index contributed by atoms with van der Waals surface area (Å²) in [5.41, 5.74) is 2.73. The van der Waals surface area contributed by atoms with E-state index in [1.165, 1.54) is 12.8 Å². The first-order valence-electron chi connectivity index (χ1n) is 10.7. The van der Waals surface area contributed by atoms with Gasteiger partial charge < -0.3 is 15.0 Å². The number of anilines is 1. The number of aromatic nitrogens is 5. The Morgan fingerprint density at radius 3 is 3.20 bits per heavy atom. The molecule has 1 atom stereocenters. The summed E-state index contributed by atoms with van der Waals surface area (Å²) in [4.78, 5) is 26.7. The van der Waals surface area contributed by atoms with Crippen LogP contribution in [0.25, 0.3) is 11.0 Å². The van der Waals surface area contributed by atoms with E-state index in [-0.39, 0.29) is 5.56 Å². The molecule has 0 bridgehead atoms. The van der Waals surface area contributed by atoms with Crippen LogP contribution in [0.15, 0.2) is 29.5 Å². The molecule has 0 amide bonds. The third kappa shape index (κ3) is 3.95. The molecule has 5 rings (SSSR count). The van der Waals surface area contributed by atoms with Crippen molar-refractivity contribution in [2.24, 2.45) is 0 Å². The second-order valence-corrected chi connectivity index (χ2v) is 8.01.